The van der Waals surface area contributed by atoms with E-state index in [1.54, 1.807) is 0 Å². The first-order valence-corrected chi connectivity index (χ1v) is 17.4. The van der Waals surface area contributed by atoms with Crippen LogP contribution in [-0.4, -0.2) is 6.61 Å². The second-order valence-electron chi connectivity index (χ2n) is 13.5. The number of nitriles is 1. The molecule has 0 heterocycles. The molecule has 0 saturated heterocycles. The van der Waals surface area contributed by atoms with Crippen LogP contribution in [0.5, 0.6) is 5.75 Å². The summed E-state index contributed by atoms with van der Waals surface area (Å²) in [6, 6.07) is 20.6. The molecular weight excluding hydrogens is 498 g/mol. The van der Waals surface area contributed by atoms with Crippen molar-refractivity contribution in [1.29, 1.82) is 5.26 Å². The molecule has 0 atom stereocenters. The predicted molar refractivity (Wildman–Crippen MR) is 174 cm³/mol. The number of nitrogens with zero attached hydrogens (tertiary/aromatic N) is 1. The zero-order chi connectivity index (χ0) is 28.8. The van der Waals surface area contributed by atoms with Crippen molar-refractivity contribution in [3.8, 4) is 22.9 Å². The van der Waals surface area contributed by atoms with Crippen molar-refractivity contribution in [2.75, 3.05) is 6.61 Å². The summed E-state index contributed by atoms with van der Waals surface area (Å²) in [5, 5.41) is 10.2. The van der Waals surface area contributed by atoms with Gasteiger partial charge in [-0.2, -0.15) is 5.26 Å². The van der Waals surface area contributed by atoms with Crippen molar-refractivity contribution in [3.63, 3.8) is 0 Å². The van der Waals surface area contributed by atoms with Gasteiger partial charge < -0.3 is 4.74 Å². The van der Waals surface area contributed by atoms with Crippen LogP contribution in [0.25, 0.3) is 11.1 Å². The third kappa shape index (κ3) is 9.91. The highest BCUT2D eigenvalue weighted by atomic mass is 16.5. The molecular formula is C39H57NO. The molecule has 0 N–H and O–H groups in total. The van der Waals surface area contributed by atoms with Gasteiger partial charge in [0, 0.05) is 0 Å². The molecule has 2 aliphatic rings. The third-order valence-corrected chi connectivity index (χ3v) is 10.5. The van der Waals surface area contributed by atoms with Crippen molar-refractivity contribution >= 4 is 0 Å². The minimum atomic E-state index is -0.0757. The number of benzene rings is 2. The second kappa shape index (κ2) is 17.0. The van der Waals surface area contributed by atoms with E-state index in [-0.39, 0.29) is 5.41 Å². The molecule has 2 aromatic rings. The normalized spacial score (nSPS) is 24.6. The number of hydrogen-bond donors (Lipinski definition) is 0. The fourth-order valence-corrected chi connectivity index (χ4v) is 7.48. The van der Waals surface area contributed by atoms with E-state index in [2.05, 4.69) is 68.4 Å². The fourth-order valence-electron chi connectivity index (χ4n) is 7.48. The van der Waals surface area contributed by atoms with Gasteiger partial charge in [-0.05, 0) is 91.5 Å². The van der Waals surface area contributed by atoms with Crippen LogP contribution in [0.4, 0.5) is 0 Å². The van der Waals surface area contributed by atoms with Gasteiger partial charge in [0.25, 0.3) is 0 Å². The summed E-state index contributed by atoms with van der Waals surface area (Å²) in [5.74, 6) is 3.41. The van der Waals surface area contributed by atoms with E-state index >= 15 is 0 Å². The van der Waals surface area contributed by atoms with Crippen LogP contribution in [-0.2, 0) is 0 Å². The molecule has 4 rings (SSSR count). The molecule has 0 spiro atoms. The number of rotatable bonds is 16. The monoisotopic (exact) mass is 555 g/mol. The van der Waals surface area contributed by atoms with E-state index in [9.17, 15) is 5.26 Å². The topological polar surface area (TPSA) is 33.0 Å². The van der Waals surface area contributed by atoms with Gasteiger partial charge in [-0.15, -0.1) is 0 Å². The van der Waals surface area contributed by atoms with Crippen molar-refractivity contribution in [3.05, 3.63) is 54.1 Å². The molecule has 224 valence electrons. The lowest BCUT2D eigenvalue weighted by Gasteiger charge is -2.37. The quantitative estimate of drug-likeness (QED) is 0.193. The summed E-state index contributed by atoms with van der Waals surface area (Å²) in [4.78, 5) is 0. The van der Waals surface area contributed by atoms with E-state index < -0.39 is 0 Å². The summed E-state index contributed by atoms with van der Waals surface area (Å²) in [6.45, 7) is 5.37. The predicted octanol–water partition coefficient (Wildman–Crippen LogP) is 12.0. The largest absolute Gasteiger partial charge is 0.494 e. The first kappa shape index (κ1) is 31.7. The zero-order valence-electron chi connectivity index (χ0n) is 26.3. The molecule has 0 radical (unpaired) electrons. The third-order valence-electron chi connectivity index (χ3n) is 10.5. The zero-order valence-corrected chi connectivity index (χ0v) is 26.3. The Morgan fingerprint density at radius 3 is 1.85 bits per heavy atom. The molecule has 2 heteroatoms. The SMILES string of the molecule is CCCCCCCOc1ccc(-c2ccc(C3CCC(C#N)(CC[C@H]4CC[C@H](CCCCC)CC4)CC3)cc2)cc1. The van der Waals surface area contributed by atoms with Gasteiger partial charge in [0.15, 0.2) is 0 Å². The van der Waals surface area contributed by atoms with E-state index in [4.69, 9.17) is 4.74 Å². The molecule has 2 aromatic carbocycles. The Balaban J connectivity index is 1.19. The van der Waals surface area contributed by atoms with Crippen LogP contribution in [0.1, 0.15) is 147 Å². The Bertz CT molecular complexity index is 1020. The van der Waals surface area contributed by atoms with Crippen LogP contribution >= 0.6 is 0 Å². The maximum absolute atomic E-state index is 10.2. The number of unbranched alkanes of at least 4 members (excludes halogenated alkanes) is 6. The average Bonchev–Trinajstić information content (AvgIpc) is 3.03. The van der Waals surface area contributed by atoms with Gasteiger partial charge in [0.05, 0.1) is 18.1 Å². The molecule has 41 heavy (non-hydrogen) atoms. The van der Waals surface area contributed by atoms with Crippen molar-refractivity contribution in [2.24, 2.45) is 17.3 Å². The average molecular weight is 556 g/mol. The van der Waals surface area contributed by atoms with E-state index in [1.807, 2.05) is 0 Å². The van der Waals surface area contributed by atoms with Crippen molar-refractivity contribution in [2.45, 2.75) is 142 Å². The summed E-state index contributed by atoms with van der Waals surface area (Å²) in [6.07, 6.45) is 24.5. The Labute approximate surface area is 252 Å². The van der Waals surface area contributed by atoms with Crippen LogP contribution in [0.3, 0.4) is 0 Å². The van der Waals surface area contributed by atoms with Gasteiger partial charge >= 0.3 is 0 Å². The Hall–Kier alpha value is -2.27. The first-order valence-electron chi connectivity index (χ1n) is 17.4. The lowest BCUT2D eigenvalue weighted by Crippen LogP contribution is -2.27. The van der Waals surface area contributed by atoms with Crippen molar-refractivity contribution < 1.29 is 4.74 Å². The van der Waals surface area contributed by atoms with E-state index in [0.717, 1.165) is 62.7 Å². The van der Waals surface area contributed by atoms with Gasteiger partial charge in [-0.25, -0.2) is 0 Å². The lowest BCUT2D eigenvalue weighted by molar-refractivity contribution is 0.185. The van der Waals surface area contributed by atoms with E-state index in [1.165, 1.54) is 100 Å². The molecule has 2 nitrogen and oxygen atoms in total. The summed E-state index contributed by atoms with van der Waals surface area (Å²) in [7, 11) is 0. The highest BCUT2D eigenvalue weighted by molar-refractivity contribution is 5.64. The standard InChI is InChI=1S/C39H57NO/c1-3-5-7-8-10-30-41-38-22-20-36(21-23-38)34-16-18-35(19-17-34)37-25-28-39(31-40,29-26-37)27-24-33-14-12-32(13-15-33)11-9-6-4-2/h16-23,32-33,37H,3-15,24-30H2,1-2H3/t32-,33-,37?,39?. The van der Waals surface area contributed by atoms with Crippen LogP contribution in [0.2, 0.25) is 0 Å². The fraction of sp³-hybridized carbons (Fsp3) is 0.667. The smallest absolute Gasteiger partial charge is 0.119 e. The maximum atomic E-state index is 10.2. The van der Waals surface area contributed by atoms with Crippen LogP contribution in [0, 0.1) is 28.6 Å². The molecule has 0 unspecified atom stereocenters. The van der Waals surface area contributed by atoms with Crippen molar-refractivity contribution in [1.82, 2.24) is 0 Å². The molecule has 0 aliphatic heterocycles. The molecule has 2 fully saturated rings. The summed E-state index contributed by atoms with van der Waals surface area (Å²) < 4.78 is 5.95. The Morgan fingerprint density at radius 2 is 1.24 bits per heavy atom. The van der Waals surface area contributed by atoms with Crippen LogP contribution < -0.4 is 4.74 Å². The number of ether oxygens (including phenoxy) is 1. The van der Waals surface area contributed by atoms with Gasteiger partial charge in [-0.3, -0.25) is 0 Å². The number of hydrogen-bond acceptors (Lipinski definition) is 2. The summed E-state index contributed by atoms with van der Waals surface area (Å²) in [5.41, 5.74) is 3.88. The molecule has 0 amide bonds. The van der Waals surface area contributed by atoms with E-state index in [0.29, 0.717) is 5.92 Å². The first-order chi connectivity index (χ1) is 20.1. The molecule has 2 saturated carbocycles. The van der Waals surface area contributed by atoms with Gasteiger partial charge in [0.1, 0.15) is 5.75 Å². The van der Waals surface area contributed by atoms with Gasteiger partial charge in [-0.1, -0.05) is 127 Å². The maximum Gasteiger partial charge on any atom is 0.119 e. The Morgan fingerprint density at radius 1 is 0.683 bits per heavy atom. The molecule has 2 aliphatic carbocycles. The van der Waals surface area contributed by atoms with Gasteiger partial charge in [0.2, 0.25) is 0 Å². The highest BCUT2D eigenvalue weighted by Crippen LogP contribution is 2.47. The van der Waals surface area contributed by atoms with Crippen LogP contribution in [0.15, 0.2) is 48.5 Å². The minimum Gasteiger partial charge on any atom is -0.494 e. The second-order valence-corrected chi connectivity index (χ2v) is 13.5. The molecule has 0 bridgehead atoms. The molecule has 0 aromatic heterocycles. The highest BCUT2D eigenvalue weighted by Gasteiger charge is 2.36. The minimum absolute atomic E-state index is 0.0757. The lowest BCUT2D eigenvalue weighted by atomic mass is 9.66. The summed E-state index contributed by atoms with van der Waals surface area (Å²) >= 11 is 0. The Kier molecular flexibility index (Phi) is 13.1.